The molecule has 0 aliphatic rings. The van der Waals surface area contributed by atoms with Crippen molar-refractivity contribution in [2.24, 2.45) is 10.9 Å². The minimum absolute atomic E-state index is 0.104. The Balaban J connectivity index is 2.40. The second-order valence-electron chi connectivity index (χ2n) is 4.11. The van der Waals surface area contributed by atoms with E-state index in [0.717, 1.165) is 17.8 Å². The summed E-state index contributed by atoms with van der Waals surface area (Å²) in [6, 6.07) is 4.24. The first-order valence-electron chi connectivity index (χ1n) is 5.92. The lowest BCUT2D eigenvalue weighted by molar-refractivity contribution is 0.318. The second kappa shape index (κ2) is 5.51. The maximum Gasteiger partial charge on any atom is 0.170 e. The number of aromatic nitrogens is 2. The van der Waals surface area contributed by atoms with Crippen LogP contribution in [0.25, 0.3) is 0 Å². The highest BCUT2D eigenvalue weighted by Crippen LogP contribution is 2.14. The van der Waals surface area contributed by atoms with E-state index in [1.807, 2.05) is 17.7 Å². The van der Waals surface area contributed by atoms with Crippen LogP contribution in [0.15, 0.2) is 35.7 Å². The van der Waals surface area contributed by atoms with E-state index in [9.17, 15) is 4.39 Å². The molecule has 0 bridgehead atoms. The molecule has 0 unspecified atom stereocenters. The molecule has 0 radical (unpaired) electrons. The summed E-state index contributed by atoms with van der Waals surface area (Å²) in [6.07, 6.45) is 4.36. The van der Waals surface area contributed by atoms with Crippen molar-refractivity contribution >= 4 is 5.84 Å². The molecule has 0 saturated heterocycles. The van der Waals surface area contributed by atoms with Gasteiger partial charge in [0.25, 0.3) is 0 Å². The van der Waals surface area contributed by atoms with Crippen molar-refractivity contribution in [3.63, 3.8) is 0 Å². The molecule has 0 saturated carbocycles. The molecule has 2 aromatic rings. The maximum absolute atomic E-state index is 13.3. The van der Waals surface area contributed by atoms with Gasteiger partial charge in [-0.3, -0.25) is 0 Å². The monoisotopic (exact) mass is 262 g/mol. The first kappa shape index (κ1) is 13.1. The average Bonchev–Trinajstić information content (AvgIpc) is 2.87. The van der Waals surface area contributed by atoms with E-state index < -0.39 is 5.82 Å². The molecule has 2 rings (SSSR count). The van der Waals surface area contributed by atoms with Gasteiger partial charge in [-0.1, -0.05) is 18.1 Å². The normalized spacial score (nSPS) is 11.8. The molecule has 0 aliphatic carbocycles. The molecule has 1 heterocycles. The van der Waals surface area contributed by atoms with Gasteiger partial charge >= 0.3 is 0 Å². The van der Waals surface area contributed by atoms with Gasteiger partial charge in [0.05, 0.1) is 0 Å². The zero-order chi connectivity index (χ0) is 13.8. The van der Waals surface area contributed by atoms with Crippen LogP contribution >= 0.6 is 0 Å². The van der Waals surface area contributed by atoms with Crippen molar-refractivity contribution in [2.75, 3.05) is 0 Å². The molecule has 0 amide bonds. The Morgan fingerprint density at radius 3 is 3.00 bits per heavy atom. The van der Waals surface area contributed by atoms with E-state index in [1.165, 1.54) is 12.1 Å². The van der Waals surface area contributed by atoms with Gasteiger partial charge in [-0.15, -0.1) is 0 Å². The number of aryl methyl sites for hydroxylation is 1. The molecule has 0 aliphatic heterocycles. The molecule has 19 heavy (non-hydrogen) atoms. The van der Waals surface area contributed by atoms with E-state index in [1.54, 1.807) is 12.3 Å². The number of nitrogens with two attached hydrogens (primary N) is 1. The number of oxime groups is 1. The van der Waals surface area contributed by atoms with Gasteiger partial charge < -0.3 is 15.5 Å². The largest absolute Gasteiger partial charge is 0.409 e. The van der Waals surface area contributed by atoms with Crippen LogP contribution in [0.1, 0.15) is 23.9 Å². The molecule has 3 N–H and O–H groups in total. The summed E-state index contributed by atoms with van der Waals surface area (Å²) in [7, 11) is 0. The Hall–Kier alpha value is -2.37. The van der Waals surface area contributed by atoms with Crippen LogP contribution in [0.4, 0.5) is 4.39 Å². The van der Waals surface area contributed by atoms with Gasteiger partial charge in [-0.25, -0.2) is 9.37 Å². The van der Waals surface area contributed by atoms with Gasteiger partial charge in [-0.05, 0) is 17.7 Å². The summed E-state index contributed by atoms with van der Waals surface area (Å²) in [6.45, 7) is 2.50. The lowest BCUT2D eigenvalue weighted by Gasteiger charge is -2.11. The van der Waals surface area contributed by atoms with Crippen LogP contribution in [0.3, 0.4) is 0 Å². The SMILES string of the molecule is CCc1nccn1Cc1ccc(F)cc1/C(N)=N/O. The van der Waals surface area contributed by atoms with Gasteiger partial charge in [0.1, 0.15) is 11.6 Å². The number of hydrogen-bond acceptors (Lipinski definition) is 3. The quantitative estimate of drug-likeness (QED) is 0.381. The third kappa shape index (κ3) is 2.73. The van der Waals surface area contributed by atoms with Gasteiger partial charge in [0, 0.05) is 30.9 Å². The Bertz CT molecular complexity index is 606. The molecule has 5 nitrogen and oxygen atoms in total. The minimum atomic E-state index is -0.424. The van der Waals surface area contributed by atoms with Crippen molar-refractivity contribution in [2.45, 2.75) is 19.9 Å². The molecule has 0 spiro atoms. The Morgan fingerprint density at radius 1 is 1.53 bits per heavy atom. The molecule has 6 heteroatoms. The fourth-order valence-corrected chi connectivity index (χ4v) is 1.96. The van der Waals surface area contributed by atoms with Crippen molar-refractivity contribution in [3.05, 3.63) is 53.4 Å². The first-order valence-corrected chi connectivity index (χ1v) is 5.92. The summed E-state index contributed by atoms with van der Waals surface area (Å²) in [5.41, 5.74) is 6.73. The van der Waals surface area contributed by atoms with E-state index in [4.69, 9.17) is 10.9 Å². The molecule has 0 atom stereocenters. The maximum atomic E-state index is 13.3. The smallest absolute Gasteiger partial charge is 0.170 e. The number of halogens is 1. The third-order valence-electron chi connectivity index (χ3n) is 2.91. The predicted octanol–water partition coefficient (Wildman–Crippen LogP) is 1.73. The zero-order valence-corrected chi connectivity index (χ0v) is 10.5. The predicted molar refractivity (Wildman–Crippen MR) is 69.6 cm³/mol. The van der Waals surface area contributed by atoms with Crippen LogP contribution in [-0.4, -0.2) is 20.6 Å². The van der Waals surface area contributed by atoms with Crippen molar-refractivity contribution in [1.29, 1.82) is 0 Å². The summed E-state index contributed by atoms with van der Waals surface area (Å²) in [5, 5.41) is 11.7. The fourth-order valence-electron chi connectivity index (χ4n) is 1.96. The Kier molecular flexibility index (Phi) is 3.79. The second-order valence-corrected chi connectivity index (χ2v) is 4.11. The number of rotatable bonds is 4. The highest BCUT2D eigenvalue weighted by atomic mass is 19.1. The van der Waals surface area contributed by atoms with Crippen molar-refractivity contribution < 1.29 is 9.60 Å². The highest BCUT2D eigenvalue weighted by Gasteiger charge is 2.10. The van der Waals surface area contributed by atoms with E-state index in [2.05, 4.69) is 10.1 Å². The van der Waals surface area contributed by atoms with Crippen LogP contribution < -0.4 is 5.73 Å². The van der Waals surface area contributed by atoms with Crippen LogP contribution in [0.2, 0.25) is 0 Å². The van der Waals surface area contributed by atoms with Crippen LogP contribution in [-0.2, 0) is 13.0 Å². The minimum Gasteiger partial charge on any atom is -0.409 e. The molecule has 1 aromatic carbocycles. The van der Waals surface area contributed by atoms with Crippen molar-refractivity contribution in [3.8, 4) is 0 Å². The Labute approximate surface area is 110 Å². The topological polar surface area (TPSA) is 76.4 Å². The van der Waals surface area contributed by atoms with E-state index in [0.29, 0.717) is 12.1 Å². The van der Waals surface area contributed by atoms with Gasteiger partial charge in [0.2, 0.25) is 0 Å². The summed E-state index contributed by atoms with van der Waals surface area (Å²) < 4.78 is 15.2. The first-order chi connectivity index (χ1) is 9.15. The number of nitrogens with zero attached hydrogens (tertiary/aromatic N) is 3. The van der Waals surface area contributed by atoms with Gasteiger partial charge in [-0.2, -0.15) is 0 Å². The Morgan fingerprint density at radius 2 is 2.32 bits per heavy atom. The van der Waals surface area contributed by atoms with E-state index >= 15 is 0 Å². The summed E-state index contributed by atoms with van der Waals surface area (Å²) in [4.78, 5) is 4.22. The third-order valence-corrected chi connectivity index (χ3v) is 2.91. The molecule has 1 aromatic heterocycles. The van der Waals surface area contributed by atoms with Crippen LogP contribution in [0, 0.1) is 5.82 Å². The van der Waals surface area contributed by atoms with Crippen LogP contribution in [0.5, 0.6) is 0 Å². The number of imidazole rings is 1. The lowest BCUT2D eigenvalue weighted by atomic mass is 10.1. The summed E-state index contributed by atoms with van der Waals surface area (Å²) >= 11 is 0. The standard InChI is InChI=1S/C13H15FN4O/c1-2-12-16-5-6-18(12)8-9-3-4-10(14)7-11(9)13(15)17-19/h3-7,19H,2,8H2,1H3,(H2,15,17). The number of benzene rings is 1. The number of amidine groups is 1. The van der Waals surface area contributed by atoms with Gasteiger partial charge in [0.15, 0.2) is 5.84 Å². The molecule has 0 fully saturated rings. The van der Waals surface area contributed by atoms with Crippen molar-refractivity contribution in [1.82, 2.24) is 9.55 Å². The lowest BCUT2D eigenvalue weighted by Crippen LogP contribution is -2.17. The zero-order valence-electron chi connectivity index (χ0n) is 10.5. The average molecular weight is 262 g/mol. The highest BCUT2D eigenvalue weighted by molar-refractivity contribution is 5.98. The molecular weight excluding hydrogens is 247 g/mol. The van der Waals surface area contributed by atoms with E-state index in [-0.39, 0.29) is 5.84 Å². The molecule has 100 valence electrons. The fraction of sp³-hybridized carbons (Fsp3) is 0.231. The number of hydrogen-bond donors (Lipinski definition) is 2. The molecular formula is C13H15FN4O. The summed E-state index contributed by atoms with van der Waals surface area (Å²) in [5.74, 6) is 0.397.